The van der Waals surface area contributed by atoms with Crippen molar-refractivity contribution in [3.05, 3.63) is 33.3 Å². The van der Waals surface area contributed by atoms with Crippen LogP contribution in [0.2, 0.25) is 5.02 Å². The van der Waals surface area contributed by atoms with Gasteiger partial charge in [0.05, 0.1) is 13.2 Å². The molecule has 0 aromatic heterocycles. The van der Waals surface area contributed by atoms with Gasteiger partial charge >= 0.3 is 0 Å². The van der Waals surface area contributed by atoms with Gasteiger partial charge in [0.25, 0.3) is 0 Å². The number of rotatable bonds is 2. The highest BCUT2D eigenvalue weighted by molar-refractivity contribution is 9.10. The number of halogens is 2. The molecule has 1 heterocycles. The molecule has 0 saturated carbocycles. The average Bonchev–Trinajstić information content (AvgIpc) is 2.24. The van der Waals surface area contributed by atoms with E-state index in [1.807, 2.05) is 12.1 Å². The Labute approximate surface area is 103 Å². The van der Waals surface area contributed by atoms with Crippen LogP contribution in [0.5, 0.6) is 0 Å². The summed E-state index contributed by atoms with van der Waals surface area (Å²) >= 11 is 9.56. The minimum absolute atomic E-state index is 0.828. The summed E-state index contributed by atoms with van der Waals surface area (Å²) in [5.74, 6) is 0. The van der Waals surface area contributed by atoms with E-state index in [0.717, 1.165) is 42.3 Å². The first-order chi connectivity index (χ1) is 7.25. The topological polar surface area (TPSA) is 12.5 Å². The Hall–Kier alpha value is -0.0900. The Balaban J connectivity index is 2.03. The third-order valence-corrected chi connectivity index (χ3v) is 3.36. The normalized spacial score (nSPS) is 18.0. The third kappa shape index (κ3) is 3.18. The van der Waals surface area contributed by atoms with Crippen molar-refractivity contribution in [2.45, 2.75) is 6.54 Å². The summed E-state index contributed by atoms with van der Waals surface area (Å²) in [6.07, 6.45) is 0. The van der Waals surface area contributed by atoms with Crippen molar-refractivity contribution in [1.82, 2.24) is 4.90 Å². The summed E-state index contributed by atoms with van der Waals surface area (Å²) in [6, 6.07) is 6.04. The largest absolute Gasteiger partial charge is 0.379 e. The third-order valence-electron chi connectivity index (χ3n) is 2.51. The molecule has 0 aliphatic carbocycles. The standard InChI is InChI=1S/C11H13BrClNO/c12-10-2-1-9(11(13)7-10)8-14-3-5-15-6-4-14/h1-2,7H,3-6,8H2. The number of hydrogen-bond acceptors (Lipinski definition) is 2. The zero-order chi connectivity index (χ0) is 10.7. The molecule has 0 spiro atoms. The zero-order valence-electron chi connectivity index (χ0n) is 8.38. The molecule has 0 bridgehead atoms. The first kappa shape index (κ1) is 11.4. The second kappa shape index (κ2) is 5.30. The number of ether oxygens (including phenoxy) is 1. The molecule has 82 valence electrons. The fourth-order valence-electron chi connectivity index (χ4n) is 1.65. The molecule has 0 atom stereocenters. The van der Waals surface area contributed by atoms with E-state index in [-0.39, 0.29) is 0 Å². The van der Waals surface area contributed by atoms with Crippen LogP contribution in [-0.2, 0) is 11.3 Å². The number of benzene rings is 1. The molecular weight excluding hydrogens is 277 g/mol. The van der Waals surface area contributed by atoms with Gasteiger partial charge in [-0.1, -0.05) is 33.6 Å². The molecule has 1 aromatic carbocycles. The molecule has 2 nitrogen and oxygen atoms in total. The molecule has 1 saturated heterocycles. The van der Waals surface area contributed by atoms with Crippen molar-refractivity contribution >= 4 is 27.5 Å². The molecule has 1 fully saturated rings. The number of morpholine rings is 1. The van der Waals surface area contributed by atoms with Gasteiger partial charge in [0.2, 0.25) is 0 Å². The lowest BCUT2D eigenvalue weighted by molar-refractivity contribution is 0.0342. The molecule has 0 radical (unpaired) electrons. The lowest BCUT2D eigenvalue weighted by Gasteiger charge is -2.26. The molecule has 2 rings (SSSR count). The number of nitrogens with zero attached hydrogens (tertiary/aromatic N) is 1. The van der Waals surface area contributed by atoms with Crippen LogP contribution in [0.25, 0.3) is 0 Å². The monoisotopic (exact) mass is 289 g/mol. The van der Waals surface area contributed by atoms with Crippen molar-refractivity contribution < 1.29 is 4.74 Å². The van der Waals surface area contributed by atoms with Crippen LogP contribution in [0.3, 0.4) is 0 Å². The van der Waals surface area contributed by atoms with E-state index in [9.17, 15) is 0 Å². The van der Waals surface area contributed by atoms with Crippen molar-refractivity contribution in [2.24, 2.45) is 0 Å². The van der Waals surface area contributed by atoms with Crippen LogP contribution in [0.1, 0.15) is 5.56 Å². The molecule has 0 amide bonds. The molecule has 0 unspecified atom stereocenters. The Bertz CT molecular complexity index is 339. The minimum atomic E-state index is 0.828. The van der Waals surface area contributed by atoms with E-state index in [2.05, 4.69) is 26.9 Å². The quantitative estimate of drug-likeness (QED) is 0.830. The molecule has 4 heteroatoms. The maximum absolute atomic E-state index is 6.16. The van der Waals surface area contributed by atoms with Crippen LogP contribution in [0, 0.1) is 0 Å². The Morgan fingerprint density at radius 1 is 1.33 bits per heavy atom. The predicted octanol–water partition coefficient (Wildman–Crippen LogP) is 2.93. The van der Waals surface area contributed by atoms with E-state index >= 15 is 0 Å². The van der Waals surface area contributed by atoms with Gasteiger partial charge in [-0.3, -0.25) is 4.90 Å². The van der Waals surface area contributed by atoms with E-state index in [1.165, 1.54) is 5.56 Å². The van der Waals surface area contributed by atoms with Crippen molar-refractivity contribution in [3.63, 3.8) is 0 Å². The fourth-order valence-corrected chi connectivity index (χ4v) is 2.38. The smallest absolute Gasteiger partial charge is 0.0594 e. The summed E-state index contributed by atoms with van der Waals surface area (Å²) in [6.45, 7) is 4.55. The van der Waals surface area contributed by atoms with Crippen LogP contribution < -0.4 is 0 Å². The SMILES string of the molecule is Clc1cc(Br)ccc1CN1CCOCC1. The average molecular weight is 291 g/mol. The van der Waals surface area contributed by atoms with E-state index in [1.54, 1.807) is 0 Å². The molecule has 0 N–H and O–H groups in total. The van der Waals surface area contributed by atoms with Gasteiger partial charge in [0, 0.05) is 29.1 Å². The lowest BCUT2D eigenvalue weighted by Crippen LogP contribution is -2.35. The van der Waals surface area contributed by atoms with Crippen molar-refractivity contribution in [2.75, 3.05) is 26.3 Å². The highest BCUT2D eigenvalue weighted by Gasteiger charge is 2.12. The molecule has 1 aliphatic heterocycles. The van der Waals surface area contributed by atoms with E-state index in [0.29, 0.717) is 0 Å². The Morgan fingerprint density at radius 2 is 2.07 bits per heavy atom. The van der Waals surface area contributed by atoms with E-state index < -0.39 is 0 Å². The number of hydrogen-bond donors (Lipinski definition) is 0. The van der Waals surface area contributed by atoms with Crippen molar-refractivity contribution in [3.8, 4) is 0 Å². The second-order valence-corrected chi connectivity index (χ2v) is 4.95. The molecule has 1 aliphatic rings. The Kier molecular flexibility index (Phi) is 4.03. The van der Waals surface area contributed by atoms with Crippen molar-refractivity contribution in [1.29, 1.82) is 0 Å². The van der Waals surface area contributed by atoms with E-state index in [4.69, 9.17) is 16.3 Å². The fraction of sp³-hybridized carbons (Fsp3) is 0.455. The maximum Gasteiger partial charge on any atom is 0.0594 e. The first-order valence-corrected chi connectivity index (χ1v) is 6.17. The van der Waals surface area contributed by atoms with Crippen LogP contribution in [0.15, 0.2) is 22.7 Å². The van der Waals surface area contributed by atoms with Gasteiger partial charge < -0.3 is 4.74 Å². The summed E-state index contributed by atoms with van der Waals surface area (Å²) in [5, 5.41) is 0.830. The predicted molar refractivity (Wildman–Crippen MR) is 65.2 cm³/mol. The van der Waals surface area contributed by atoms with Gasteiger partial charge in [-0.05, 0) is 17.7 Å². The maximum atomic E-state index is 6.16. The van der Waals surface area contributed by atoms with Crippen LogP contribution in [0.4, 0.5) is 0 Å². The summed E-state index contributed by atoms with van der Waals surface area (Å²) < 4.78 is 6.33. The zero-order valence-corrected chi connectivity index (χ0v) is 10.7. The lowest BCUT2D eigenvalue weighted by atomic mass is 10.2. The van der Waals surface area contributed by atoms with Gasteiger partial charge in [0.15, 0.2) is 0 Å². The highest BCUT2D eigenvalue weighted by atomic mass is 79.9. The second-order valence-electron chi connectivity index (χ2n) is 3.62. The highest BCUT2D eigenvalue weighted by Crippen LogP contribution is 2.22. The van der Waals surface area contributed by atoms with Gasteiger partial charge in [-0.25, -0.2) is 0 Å². The van der Waals surface area contributed by atoms with Gasteiger partial charge in [0.1, 0.15) is 0 Å². The molecule has 1 aromatic rings. The minimum Gasteiger partial charge on any atom is -0.379 e. The summed E-state index contributed by atoms with van der Waals surface area (Å²) in [7, 11) is 0. The van der Waals surface area contributed by atoms with Gasteiger partial charge in [-0.15, -0.1) is 0 Å². The molecular formula is C11H13BrClNO. The summed E-state index contributed by atoms with van der Waals surface area (Å²) in [4.78, 5) is 2.36. The van der Waals surface area contributed by atoms with Crippen LogP contribution >= 0.6 is 27.5 Å². The van der Waals surface area contributed by atoms with Gasteiger partial charge in [-0.2, -0.15) is 0 Å². The van der Waals surface area contributed by atoms with Crippen LogP contribution in [-0.4, -0.2) is 31.2 Å². The summed E-state index contributed by atoms with van der Waals surface area (Å²) in [5.41, 5.74) is 1.18. The Morgan fingerprint density at radius 3 is 2.73 bits per heavy atom. The molecule has 15 heavy (non-hydrogen) atoms. The first-order valence-electron chi connectivity index (χ1n) is 5.00.